The van der Waals surface area contributed by atoms with Gasteiger partial charge in [0.1, 0.15) is 5.82 Å². The average molecular weight is 327 g/mol. The second-order valence-electron chi connectivity index (χ2n) is 4.48. The van der Waals surface area contributed by atoms with Gasteiger partial charge in [-0.25, -0.2) is 4.39 Å². The number of hydrogen-bond acceptors (Lipinski definition) is 1. The minimum Gasteiger partial charge on any atom is -0.330 e. The summed E-state index contributed by atoms with van der Waals surface area (Å²) in [6.45, 7) is 1.90. The minimum atomic E-state index is -0.318. The van der Waals surface area contributed by atoms with Crippen molar-refractivity contribution in [1.82, 2.24) is 9.55 Å². The topological polar surface area (TPSA) is 20.7 Å². The highest BCUT2D eigenvalue weighted by molar-refractivity contribution is 7.71. The normalized spacial score (nSPS) is 11.2. The summed E-state index contributed by atoms with van der Waals surface area (Å²) in [5.74, 6) is -0.318. The number of aryl methyl sites for hydroxylation is 1. The highest BCUT2D eigenvalue weighted by Crippen LogP contribution is 2.30. The van der Waals surface area contributed by atoms with Gasteiger partial charge in [0.15, 0.2) is 4.77 Å². The maximum Gasteiger partial charge on any atom is 0.182 e. The number of H-pyrrole nitrogens is 1. The number of benzene rings is 2. The van der Waals surface area contributed by atoms with Gasteiger partial charge >= 0.3 is 0 Å². The summed E-state index contributed by atoms with van der Waals surface area (Å²) >= 11 is 17.4. The van der Waals surface area contributed by atoms with Crippen LogP contribution in [0, 0.1) is 17.5 Å². The van der Waals surface area contributed by atoms with Crippen LogP contribution < -0.4 is 0 Å². The molecule has 1 heterocycles. The molecule has 2 aromatic carbocycles. The summed E-state index contributed by atoms with van der Waals surface area (Å²) in [5.41, 5.74) is 3.11. The maximum atomic E-state index is 13.5. The molecule has 0 aliphatic carbocycles. The first-order valence-corrected chi connectivity index (χ1v) is 7.00. The number of fused-ring (bicyclic) bond motifs is 1. The van der Waals surface area contributed by atoms with Crippen molar-refractivity contribution in [2.45, 2.75) is 6.92 Å². The molecule has 20 heavy (non-hydrogen) atoms. The van der Waals surface area contributed by atoms with Crippen LogP contribution in [0.1, 0.15) is 5.56 Å². The van der Waals surface area contributed by atoms with Crippen LogP contribution in [0.5, 0.6) is 0 Å². The Kier molecular flexibility index (Phi) is 3.32. The largest absolute Gasteiger partial charge is 0.330 e. The van der Waals surface area contributed by atoms with Crippen LogP contribution >= 0.6 is 35.4 Å². The molecular weight excluding hydrogens is 318 g/mol. The van der Waals surface area contributed by atoms with Crippen LogP contribution in [0.25, 0.3) is 16.7 Å². The van der Waals surface area contributed by atoms with Gasteiger partial charge in [0.25, 0.3) is 0 Å². The number of imidazole rings is 1. The zero-order valence-electron chi connectivity index (χ0n) is 10.4. The summed E-state index contributed by atoms with van der Waals surface area (Å²) in [6.07, 6.45) is 0. The Bertz CT molecular complexity index is 883. The number of aromatic nitrogens is 2. The number of hydrogen-bond donors (Lipinski definition) is 1. The molecule has 0 saturated heterocycles. The molecule has 0 unspecified atom stereocenters. The quantitative estimate of drug-likeness (QED) is 0.590. The first-order chi connectivity index (χ1) is 9.47. The lowest BCUT2D eigenvalue weighted by atomic mass is 10.2. The first kappa shape index (κ1) is 13.6. The summed E-state index contributed by atoms with van der Waals surface area (Å²) in [5, 5.41) is 0.870. The van der Waals surface area contributed by atoms with Crippen LogP contribution in [-0.4, -0.2) is 9.55 Å². The molecule has 0 saturated carbocycles. The third-order valence-corrected chi connectivity index (χ3v) is 4.14. The second-order valence-corrected chi connectivity index (χ2v) is 5.68. The Balaban J connectivity index is 2.42. The fourth-order valence-electron chi connectivity index (χ4n) is 2.16. The van der Waals surface area contributed by atoms with Crippen molar-refractivity contribution in [2.24, 2.45) is 0 Å². The number of halogens is 3. The van der Waals surface area contributed by atoms with Gasteiger partial charge in [0.2, 0.25) is 0 Å². The zero-order chi connectivity index (χ0) is 14.4. The van der Waals surface area contributed by atoms with Crippen molar-refractivity contribution < 1.29 is 4.39 Å². The van der Waals surface area contributed by atoms with E-state index in [0.29, 0.717) is 20.5 Å². The molecule has 0 amide bonds. The molecule has 0 bridgehead atoms. The minimum absolute atomic E-state index is 0.318. The van der Waals surface area contributed by atoms with E-state index in [1.807, 2.05) is 6.92 Å². The Hall–Kier alpha value is -1.36. The van der Waals surface area contributed by atoms with Gasteiger partial charge in [0, 0.05) is 0 Å². The SMILES string of the molecule is Cc1ccc(F)cc1-n1c(=S)[nH]c2cc(Cl)c(Cl)cc21. The van der Waals surface area contributed by atoms with Gasteiger partial charge in [-0.3, -0.25) is 4.57 Å². The highest BCUT2D eigenvalue weighted by atomic mass is 35.5. The lowest BCUT2D eigenvalue weighted by molar-refractivity contribution is 0.626. The van der Waals surface area contributed by atoms with Gasteiger partial charge in [-0.15, -0.1) is 0 Å². The molecule has 1 N–H and O–H groups in total. The Morgan fingerprint density at radius 2 is 1.85 bits per heavy atom. The van der Waals surface area contributed by atoms with E-state index in [4.69, 9.17) is 35.4 Å². The summed E-state index contributed by atoms with van der Waals surface area (Å²) in [4.78, 5) is 3.05. The molecule has 6 heteroatoms. The van der Waals surface area contributed by atoms with E-state index < -0.39 is 0 Å². The van der Waals surface area contributed by atoms with Gasteiger partial charge in [-0.2, -0.15) is 0 Å². The Morgan fingerprint density at radius 1 is 1.15 bits per heavy atom. The molecule has 0 fully saturated rings. The molecule has 0 aliphatic heterocycles. The van der Waals surface area contributed by atoms with Gasteiger partial charge in [-0.1, -0.05) is 29.3 Å². The summed E-state index contributed by atoms with van der Waals surface area (Å²) < 4.78 is 15.7. The van der Waals surface area contributed by atoms with Crippen molar-refractivity contribution >= 4 is 46.5 Å². The van der Waals surface area contributed by atoms with Crippen LogP contribution in [0.2, 0.25) is 10.0 Å². The average Bonchev–Trinajstić information content (AvgIpc) is 2.69. The number of rotatable bonds is 1. The molecule has 0 atom stereocenters. The van der Waals surface area contributed by atoms with Crippen molar-refractivity contribution in [3.05, 3.63) is 56.5 Å². The van der Waals surface area contributed by atoms with E-state index in [1.165, 1.54) is 12.1 Å². The molecule has 1 aromatic heterocycles. The third-order valence-electron chi connectivity index (χ3n) is 3.14. The second kappa shape index (κ2) is 4.88. The van der Waals surface area contributed by atoms with Crippen LogP contribution in [0.4, 0.5) is 4.39 Å². The van der Waals surface area contributed by atoms with Gasteiger partial charge < -0.3 is 4.98 Å². The van der Waals surface area contributed by atoms with Crippen LogP contribution in [0.3, 0.4) is 0 Å². The molecular formula is C14H9Cl2FN2S. The Morgan fingerprint density at radius 3 is 2.60 bits per heavy atom. The molecule has 3 rings (SSSR count). The number of nitrogens with one attached hydrogen (secondary N) is 1. The predicted molar refractivity (Wildman–Crippen MR) is 83.2 cm³/mol. The molecule has 102 valence electrons. The zero-order valence-corrected chi connectivity index (χ0v) is 12.7. The van der Waals surface area contributed by atoms with Crippen LogP contribution in [0.15, 0.2) is 30.3 Å². The monoisotopic (exact) mass is 326 g/mol. The van der Waals surface area contributed by atoms with E-state index in [2.05, 4.69) is 4.98 Å². The van der Waals surface area contributed by atoms with Gasteiger partial charge in [0.05, 0.1) is 26.8 Å². The molecule has 0 aliphatic rings. The van der Waals surface area contributed by atoms with Crippen LogP contribution in [-0.2, 0) is 0 Å². The summed E-state index contributed by atoms with van der Waals surface area (Å²) in [6, 6.07) is 8.00. The van der Waals surface area contributed by atoms with E-state index in [9.17, 15) is 4.39 Å². The lowest BCUT2D eigenvalue weighted by Gasteiger charge is -2.09. The smallest absolute Gasteiger partial charge is 0.182 e. The van der Waals surface area contributed by atoms with Crippen molar-refractivity contribution in [3.8, 4) is 5.69 Å². The highest BCUT2D eigenvalue weighted by Gasteiger charge is 2.12. The standard InChI is InChI=1S/C14H9Cl2FN2S/c1-7-2-3-8(17)4-12(7)19-13-6-10(16)9(15)5-11(13)18-14(19)20/h2-6H,1H3,(H,18,20). The lowest BCUT2D eigenvalue weighted by Crippen LogP contribution is -1.98. The molecule has 3 aromatic rings. The maximum absolute atomic E-state index is 13.5. The predicted octanol–water partition coefficient (Wildman–Crippen LogP) is 5.44. The summed E-state index contributed by atoms with van der Waals surface area (Å²) in [7, 11) is 0. The van der Waals surface area contributed by atoms with Gasteiger partial charge in [-0.05, 0) is 49.0 Å². The number of nitrogens with zero attached hydrogens (tertiary/aromatic N) is 1. The fourth-order valence-corrected chi connectivity index (χ4v) is 2.79. The van der Waals surface area contributed by atoms with E-state index in [-0.39, 0.29) is 5.82 Å². The molecule has 0 spiro atoms. The van der Waals surface area contributed by atoms with Crippen molar-refractivity contribution in [2.75, 3.05) is 0 Å². The fraction of sp³-hybridized carbons (Fsp3) is 0.0714. The Labute approximate surface area is 129 Å². The number of aromatic amines is 1. The van der Waals surface area contributed by atoms with Crippen molar-refractivity contribution in [1.29, 1.82) is 0 Å². The molecule has 0 radical (unpaired) electrons. The first-order valence-electron chi connectivity index (χ1n) is 5.83. The van der Waals surface area contributed by atoms with Crippen molar-refractivity contribution in [3.63, 3.8) is 0 Å². The van der Waals surface area contributed by atoms with E-state index in [1.54, 1.807) is 22.8 Å². The third kappa shape index (κ3) is 2.14. The van der Waals surface area contributed by atoms with E-state index in [0.717, 1.165) is 16.6 Å². The molecule has 2 nitrogen and oxygen atoms in total. The van der Waals surface area contributed by atoms with E-state index >= 15 is 0 Å².